The molecule has 3 aromatic heterocycles. The third-order valence-corrected chi connectivity index (χ3v) is 15.3. The zero-order valence-corrected chi connectivity index (χ0v) is 52.1. The Hall–Kier alpha value is -10.5. The van der Waals surface area contributed by atoms with Gasteiger partial charge >= 0.3 is 0 Å². The van der Waals surface area contributed by atoms with Crippen LogP contribution in [0.3, 0.4) is 0 Å². The monoisotopic (exact) mass is 1400 g/mol. The van der Waals surface area contributed by atoms with Gasteiger partial charge in [-0.25, -0.2) is 4.98 Å². The summed E-state index contributed by atoms with van der Waals surface area (Å²) >= 11 is 0. The predicted octanol–water partition coefficient (Wildman–Crippen LogP) is 21.9. The SMILES string of the molecule is [2H]c1c([2H])c([2H])c(-c2ccc3c(c2)n(-c2[c-]c(Oc4[c-]c5c(cc4)c4ccccc4n5-c4cc(C(C)(C)C)ccn4)ccc2)[c-][n+]3-c2c(-c3c([2H])c(-c4c([2H])c([2H])c([2H])c([2H])c4[2H])c([2H])c(-c4c([2H])c([2H])c([2H])c([2H])c4[2H])c3[2H])cc(C(C)(C)C)cc2-c2c([2H])c(-c3c([2H])c([2H])c([2H])c([2H])c3[2H])c([2H])c(-c3c([2H])c([2H])c([2H])c([2H])c3[2H])c2[2H])c([2H])c1[2H].[Pt]. The third-order valence-electron chi connectivity index (χ3n) is 15.3. The van der Waals surface area contributed by atoms with Crippen molar-refractivity contribution in [1.82, 2.24) is 14.1 Å². The van der Waals surface area contributed by atoms with Crippen molar-refractivity contribution in [1.29, 1.82) is 0 Å². The van der Waals surface area contributed by atoms with Crippen LogP contribution in [0.2, 0.25) is 0 Å². The summed E-state index contributed by atoms with van der Waals surface area (Å²) in [6, 6.07) is 4.10. The van der Waals surface area contributed by atoms with Crippen molar-refractivity contribution in [2.45, 2.75) is 52.4 Å². The molecule has 15 aromatic rings. The number of imidazole rings is 1. The molecule has 448 valence electrons. The largest absolute Gasteiger partial charge is 0.510 e. The van der Waals surface area contributed by atoms with Gasteiger partial charge in [-0.05, 0) is 171 Å². The predicted molar refractivity (Wildman–Crippen MR) is 375 cm³/mol. The summed E-state index contributed by atoms with van der Waals surface area (Å²) in [5.74, 6) is 0.760. The van der Waals surface area contributed by atoms with Crippen LogP contribution >= 0.6 is 0 Å². The molecule has 0 saturated heterocycles. The number of hydrogen-bond donors (Lipinski definition) is 0. The zero-order chi connectivity index (χ0) is 88.8. The molecule has 0 atom stereocenters. The van der Waals surface area contributed by atoms with Gasteiger partial charge in [-0.1, -0.05) is 241 Å². The van der Waals surface area contributed by atoms with Crippen molar-refractivity contribution < 1.29 is 72.9 Å². The number of aromatic nitrogens is 4. The Balaban J connectivity index is 0.0000123. The molecule has 0 aliphatic carbocycles. The first-order chi connectivity index (χ1) is 57.3. The quantitative estimate of drug-likeness (QED) is 0.0903. The van der Waals surface area contributed by atoms with E-state index in [1.807, 2.05) is 47.0 Å². The molecule has 0 bridgehead atoms. The van der Waals surface area contributed by atoms with Gasteiger partial charge in [0.05, 0.1) is 59.2 Å². The Morgan fingerprint density at radius 3 is 1.43 bits per heavy atom. The Bertz CT molecular complexity index is 6600. The molecule has 12 aromatic carbocycles. The van der Waals surface area contributed by atoms with E-state index in [0.29, 0.717) is 11.3 Å². The molecule has 0 aliphatic rings. The molecule has 0 radical (unpaired) electrons. The van der Waals surface area contributed by atoms with Crippen molar-refractivity contribution in [3.63, 3.8) is 0 Å². The fourth-order valence-electron chi connectivity index (χ4n) is 10.8. The fourth-order valence-corrected chi connectivity index (χ4v) is 10.8. The minimum absolute atomic E-state index is 0. The van der Waals surface area contributed by atoms with Crippen LogP contribution in [0.5, 0.6) is 11.5 Å². The van der Waals surface area contributed by atoms with Gasteiger partial charge < -0.3 is 13.9 Å². The summed E-state index contributed by atoms with van der Waals surface area (Å²) in [6.07, 6.45) is 5.07. The number of nitrogens with zero attached hydrogens (tertiary/aromatic N) is 4. The molecule has 5 nitrogen and oxygen atoms in total. The third kappa shape index (κ3) is 11.5. The minimum Gasteiger partial charge on any atom is -0.510 e. The summed E-state index contributed by atoms with van der Waals surface area (Å²) in [7, 11) is 0. The number of para-hydroxylation sites is 1. The zero-order valence-electron chi connectivity index (χ0n) is 80.8. The molecule has 0 unspecified atom stereocenters. The van der Waals surface area contributed by atoms with E-state index in [-0.39, 0.29) is 71.4 Å². The van der Waals surface area contributed by atoms with Crippen molar-refractivity contribution in [3.05, 3.63) is 320 Å². The van der Waals surface area contributed by atoms with Crippen LogP contribution in [0.1, 0.15) is 95.2 Å². The molecule has 0 saturated carbocycles. The van der Waals surface area contributed by atoms with E-state index < -0.39 is 265 Å². The second-order valence-electron chi connectivity index (χ2n) is 23.2. The van der Waals surface area contributed by atoms with Gasteiger partial charge in [-0.15, -0.1) is 29.7 Å². The van der Waals surface area contributed by atoms with Crippen molar-refractivity contribution >= 4 is 32.8 Å². The van der Waals surface area contributed by atoms with E-state index in [0.717, 1.165) is 21.9 Å². The van der Waals surface area contributed by atoms with Gasteiger partial charge in [-0.3, -0.25) is 4.57 Å². The van der Waals surface area contributed by atoms with Gasteiger partial charge in [0.2, 0.25) is 0 Å². The summed E-state index contributed by atoms with van der Waals surface area (Å²) in [5, 5.41) is 1.66. The summed E-state index contributed by atoms with van der Waals surface area (Å²) in [4.78, 5) is 4.82. The van der Waals surface area contributed by atoms with E-state index >= 15 is 0 Å². The topological polar surface area (TPSA) is 35.9 Å². The maximum absolute atomic E-state index is 10.8. The number of pyridine rings is 1. The summed E-state index contributed by atoms with van der Waals surface area (Å²) < 4.78 is 302. The first-order valence-electron chi connectivity index (χ1n) is 44.2. The number of rotatable bonds is 12. The van der Waals surface area contributed by atoms with Crippen LogP contribution in [0.4, 0.5) is 0 Å². The molecule has 3 heterocycles. The van der Waals surface area contributed by atoms with E-state index in [1.165, 1.54) is 39.5 Å². The van der Waals surface area contributed by atoms with Gasteiger partial charge in [0.25, 0.3) is 6.33 Å². The molecule has 0 amide bonds. The van der Waals surface area contributed by atoms with Gasteiger partial charge in [0.1, 0.15) is 5.82 Å². The molecule has 92 heavy (non-hydrogen) atoms. The second kappa shape index (κ2) is 24.4. The van der Waals surface area contributed by atoms with E-state index in [1.54, 1.807) is 51.2 Å². The first kappa shape index (κ1) is 33.6. The molecule has 0 aliphatic heterocycles. The molecule has 6 heteroatoms. The standard InChI is InChI=1S/C86H66N4O.Pt/c1-85(2,3)70-43-44-87-83(54-70)90-79-38-23-22-37-75(79)76-41-40-74(56-81(76)90)91-73-36-24-35-72(55-73)88-57-89(80-42-39-63(51-82(80)88)58-25-12-7-13-26-58)84-77(68-47-64(59-27-14-8-15-28-59)45-65(48-68)60-29-16-9-17-30-60)52-71(86(4,5)6)53-78(84)69-49-66(61-31-18-10-19-32-61)46-67(50-69)62-33-20-11-21-34-62;/h7-54H,1-6H3;/q-2;/i7D,8D,9D,10D,11D,12D,13D,14D,15D,16D,17D,18D,19D,20D,21D,25D,26D,27D,28D,29D,30D,31D,32D,33D,34D,45D,46D,47D,48D,49D,50D;. The molecule has 0 spiro atoms. The Morgan fingerprint density at radius 2 is 0.913 bits per heavy atom. The van der Waals surface area contributed by atoms with Crippen LogP contribution in [-0.4, -0.2) is 14.1 Å². The molecule has 0 fully saturated rings. The summed E-state index contributed by atoms with van der Waals surface area (Å²) in [5.41, 5.74) is -9.50. The molecule has 15 rings (SSSR count). The van der Waals surface area contributed by atoms with Crippen LogP contribution < -0.4 is 9.30 Å². The number of ether oxygens (including phenoxy) is 1. The first-order valence-corrected chi connectivity index (χ1v) is 28.7. The summed E-state index contributed by atoms with van der Waals surface area (Å²) in [6.45, 7) is 11.3. The van der Waals surface area contributed by atoms with Crippen molar-refractivity contribution in [3.8, 4) is 107 Å². The van der Waals surface area contributed by atoms with Gasteiger partial charge in [0, 0.05) is 44.3 Å². The van der Waals surface area contributed by atoms with Gasteiger partial charge in [0.15, 0.2) is 0 Å². The number of fused-ring (bicyclic) bond motifs is 4. The van der Waals surface area contributed by atoms with Crippen LogP contribution in [-0.2, 0) is 31.9 Å². The Labute approximate surface area is 597 Å². The average molecular weight is 1400 g/mol. The van der Waals surface area contributed by atoms with Crippen LogP contribution in [0.15, 0.2) is 291 Å². The van der Waals surface area contributed by atoms with E-state index in [9.17, 15) is 21.9 Å². The van der Waals surface area contributed by atoms with Crippen molar-refractivity contribution in [2.75, 3.05) is 0 Å². The van der Waals surface area contributed by atoms with E-state index in [4.69, 9.17) is 30.3 Å². The average Bonchev–Trinajstić information content (AvgIpc) is 1.70. The van der Waals surface area contributed by atoms with Crippen molar-refractivity contribution in [2.24, 2.45) is 0 Å². The molecular formula is C86H66N4OPt-2. The maximum Gasteiger partial charge on any atom is 0.268 e. The number of benzene rings is 12. The molecular weight excluding hydrogens is 1300 g/mol. The smallest absolute Gasteiger partial charge is 0.268 e. The van der Waals surface area contributed by atoms with Crippen LogP contribution in [0.25, 0.3) is 128 Å². The fraction of sp³-hybridized carbons (Fsp3) is 0.0930. The normalized spacial score (nSPS) is 16.4. The maximum atomic E-state index is 10.8. The minimum atomic E-state index is -1.28. The van der Waals surface area contributed by atoms with Crippen LogP contribution in [0, 0.1) is 18.5 Å². The van der Waals surface area contributed by atoms with E-state index in [2.05, 4.69) is 39.2 Å². The second-order valence-corrected chi connectivity index (χ2v) is 23.2. The van der Waals surface area contributed by atoms with Gasteiger partial charge in [-0.2, -0.15) is 18.2 Å². The Kier molecular flexibility index (Phi) is 8.90. The number of hydrogen-bond acceptors (Lipinski definition) is 2. The molecule has 0 N–H and O–H groups in total. The Morgan fingerprint density at radius 1 is 0.424 bits per heavy atom.